The quantitative estimate of drug-likeness (QED) is 0.570. The second-order valence-corrected chi connectivity index (χ2v) is 5.90. The summed E-state index contributed by atoms with van der Waals surface area (Å²) in [5.74, 6) is 0.852. The first-order valence-electron chi connectivity index (χ1n) is 8.11. The van der Waals surface area contributed by atoms with E-state index in [1.807, 2.05) is 65.9 Å². The molecule has 0 fully saturated rings. The van der Waals surface area contributed by atoms with Gasteiger partial charge in [0.15, 0.2) is 5.65 Å². The Labute approximate surface area is 145 Å². The number of ether oxygens (including phenoxy) is 1. The van der Waals surface area contributed by atoms with E-state index in [9.17, 15) is 0 Å². The molecule has 3 aromatic heterocycles. The average Bonchev–Trinajstić information content (AvgIpc) is 3.06. The topological polar surface area (TPSA) is 52.8 Å². The zero-order valence-electron chi connectivity index (χ0n) is 14.2. The van der Waals surface area contributed by atoms with Crippen molar-refractivity contribution < 1.29 is 4.74 Å². The standard InChI is InChI=1S/C20H18N4O/c1-14-7-9-21-11-17(14)16-8-10-22-20-18(16)12-23-24(20)13-15-5-3-4-6-19(15)25-2/h3-12H,13H2,1-2H3. The van der Waals surface area contributed by atoms with Crippen LogP contribution < -0.4 is 4.74 Å². The highest BCUT2D eigenvalue weighted by atomic mass is 16.5. The van der Waals surface area contributed by atoms with E-state index >= 15 is 0 Å². The van der Waals surface area contributed by atoms with Gasteiger partial charge in [-0.1, -0.05) is 18.2 Å². The molecule has 124 valence electrons. The summed E-state index contributed by atoms with van der Waals surface area (Å²) >= 11 is 0. The molecule has 25 heavy (non-hydrogen) atoms. The van der Waals surface area contributed by atoms with E-state index in [-0.39, 0.29) is 0 Å². The smallest absolute Gasteiger partial charge is 0.158 e. The van der Waals surface area contributed by atoms with Crippen LogP contribution in [0.25, 0.3) is 22.2 Å². The molecule has 0 saturated carbocycles. The van der Waals surface area contributed by atoms with Crippen molar-refractivity contribution in [1.29, 1.82) is 0 Å². The van der Waals surface area contributed by atoms with E-state index in [0.29, 0.717) is 6.54 Å². The molecule has 4 aromatic rings. The maximum atomic E-state index is 5.45. The second kappa shape index (κ2) is 6.36. The molecule has 0 aliphatic carbocycles. The van der Waals surface area contributed by atoms with Crippen LogP contribution in [0.15, 0.2) is 61.2 Å². The first kappa shape index (κ1) is 15.3. The van der Waals surface area contributed by atoms with Crippen molar-refractivity contribution in [3.8, 4) is 16.9 Å². The molecule has 0 aliphatic rings. The third-order valence-corrected chi connectivity index (χ3v) is 4.38. The number of aromatic nitrogens is 4. The number of methoxy groups -OCH3 is 1. The lowest BCUT2D eigenvalue weighted by molar-refractivity contribution is 0.407. The summed E-state index contributed by atoms with van der Waals surface area (Å²) in [4.78, 5) is 8.81. The van der Waals surface area contributed by atoms with Crippen LogP contribution in [0.2, 0.25) is 0 Å². The summed E-state index contributed by atoms with van der Waals surface area (Å²) in [5.41, 5.74) is 5.31. The van der Waals surface area contributed by atoms with Crippen molar-refractivity contribution in [2.24, 2.45) is 0 Å². The highest BCUT2D eigenvalue weighted by Gasteiger charge is 2.13. The normalized spacial score (nSPS) is 11.0. The zero-order chi connectivity index (χ0) is 17.2. The molecular weight excluding hydrogens is 312 g/mol. The van der Waals surface area contributed by atoms with Gasteiger partial charge in [-0.2, -0.15) is 5.10 Å². The Morgan fingerprint density at radius 3 is 2.72 bits per heavy atom. The van der Waals surface area contributed by atoms with E-state index in [2.05, 4.69) is 22.0 Å². The van der Waals surface area contributed by atoms with Crippen LogP contribution in [0.5, 0.6) is 5.75 Å². The molecule has 0 aliphatic heterocycles. The largest absolute Gasteiger partial charge is 0.496 e. The Morgan fingerprint density at radius 1 is 1.00 bits per heavy atom. The number of para-hydroxylation sites is 1. The minimum atomic E-state index is 0.607. The lowest BCUT2D eigenvalue weighted by Crippen LogP contribution is -2.04. The highest BCUT2D eigenvalue weighted by Crippen LogP contribution is 2.29. The van der Waals surface area contributed by atoms with Crippen LogP contribution in [0.4, 0.5) is 0 Å². The number of rotatable bonds is 4. The molecule has 0 N–H and O–H groups in total. The Balaban J connectivity index is 1.81. The van der Waals surface area contributed by atoms with Crippen LogP contribution in [-0.2, 0) is 6.54 Å². The van der Waals surface area contributed by atoms with Crippen LogP contribution in [0, 0.1) is 6.92 Å². The Kier molecular flexibility index (Phi) is 3.90. The third-order valence-electron chi connectivity index (χ3n) is 4.38. The van der Waals surface area contributed by atoms with E-state index in [1.54, 1.807) is 7.11 Å². The van der Waals surface area contributed by atoms with Gasteiger partial charge in [-0.25, -0.2) is 9.67 Å². The lowest BCUT2D eigenvalue weighted by atomic mass is 10.0. The number of hydrogen-bond acceptors (Lipinski definition) is 4. The number of hydrogen-bond donors (Lipinski definition) is 0. The van der Waals surface area contributed by atoms with Gasteiger partial charge in [-0.05, 0) is 36.2 Å². The van der Waals surface area contributed by atoms with Crippen LogP contribution in [-0.4, -0.2) is 26.9 Å². The van der Waals surface area contributed by atoms with E-state index in [0.717, 1.165) is 33.5 Å². The molecule has 3 heterocycles. The first-order chi connectivity index (χ1) is 12.3. The monoisotopic (exact) mass is 330 g/mol. The summed E-state index contributed by atoms with van der Waals surface area (Å²) in [7, 11) is 1.68. The molecular formula is C20H18N4O. The molecule has 5 heteroatoms. The van der Waals surface area contributed by atoms with Crippen molar-refractivity contribution in [1.82, 2.24) is 19.7 Å². The fourth-order valence-electron chi connectivity index (χ4n) is 3.07. The molecule has 0 bridgehead atoms. The van der Waals surface area contributed by atoms with Crippen LogP contribution >= 0.6 is 0 Å². The van der Waals surface area contributed by atoms with E-state index in [4.69, 9.17) is 4.74 Å². The Hall–Kier alpha value is -3.21. The van der Waals surface area contributed by atoms with Crippen molar-refractivity contribution in [2.75, 3.05) is 7.11 Å². The van der Waals surface area contributed by atoms with Gasteiger partial charge in [0.2, 0.25) is 0 Å². The van der Waals surface area contributed by atoms with Gasteiger partial charge in [-0.3, -0.25) is 4.98 Å². The molecule has 0 amide bonds. The molecule has 0 unspecified atom stereocenters. The van der Waals surface area contributed by atoms with Gasteiger partial charge in [0.1, 0.15) is 5.75 Å². The zero-order valence-corrected chi connectivity index (χ0v) is 14.2. The maximum absolute atomic E-state index is 5.45. The van der Waals surface area contributed by atoms with Gasteiger partial charge in [-0.15, -0.1) is 0 Å². The van der Waals surface area contributed by atoms with Crippen LogP contribution in [0.3, 0.4) is 0 Å². The fraction of sp³-hybridized carbons (Fsp3) is 0.150. The number of fused-ring (bicyclic) bond motifs is 1. The Morgan fingerprint density at radius 2 is 1.88 bits per heavy atom. The minimum Gasteiger partial charge on any atom is -0.496 e. The summed E-state index contributed by atoms with van der Waals surface area (Å²) in [6.07, 6.45) is 7.40. The van der Waals surface area contributed by atoms with Gasteiger partial charge in [0.25, 0.3) is 0 Å². The summed E-state index contributed by atoms with van der Waals surface area (Å²) < 4.78 is 7.35. The molecule has 0 radical (unpaired) electrons. The van der Waals surface area contributed by atoms with Crippen molar-refractivity contribution >= 4 is 11.0 Å². The highest BCUT2D eigenvalue weighted by molar-refractivity contribution is 5.93. The van der Waals surface area contributed by atoms with Gasteiger partial charge >= 0.3 is 0 Å². The van der Waals surface area contributed by atoms with Crippen molar-refractivity contribution in [3.63, 3.8) is 0 Å². The third kappa shape index (κ3) is 2.74. The number of nitrogens with zero attached hydrogens (tertiary/aromatic N) is 4. The second-order valence-electron chi connectivity index (χ2n) is 5.90. The molecule has 1 aromatic carbocycles. The molecule has 5 nitrogen and oxygen atoms in total. The number of benzene rings is 1. The minimum absolute atomic E-state index is 0.607. The average molecular weight is 330 g/mol. The molecule has 0 saturated heterocycles. The van der Waals surface area contributed by atoms with Crippen molar-refractivity contribution in [2.45, 2.75) is 13.5 Å². The molecule has 4 rings (SSSR count). The molecule has 0 spiro atoms. The van der Waals surface area contributed by atoms with E-state index in [1.165, 1.54) is 5.56 Å². The van der Waals surface area contributed by atoms with Crippen LogP contribution in [0.1, 0.15) is 11.1 Å². The van der Waals surface area contributed by atoms with Gasteiger partial charge in [0, 0.05) is 35.1 Å². The number of aryl methyl sites for hydroxylation is 1. The summed E-state index contributed by atoms with van der Waals surface area (Å²) in [6, 6.07) is 12.0. The van der Waals surface area contributed by atoms with Gasteiger partial charge in [0.05, 0.1) is 19.9 Å². The SMILES string of the molecule is COc1ccccc1Cn1ncc2c(-c3cnccc3C)ccnc21. The molecule has 0 atom stereocenters. The van der Waals surface area contributed by atoms with Crippen molar-refractivity contribution in [3.05, 3.63) is 72.3 Å². The Bertz CT molecular complexity index is 1040. The summed E-state index contributed by atoms with van der Waals surface area (Å²) in [6.45, 7) is 2.69. The maximum Gasteiger partial charge on any atom is 0.158 e. The predicted octanol–water partition coefficient (Wildman–Crippen LogP) is 3.86. The fourth-order valence-corrected chi connectivity index (χ4v) is 3.07. The number of pyridine rings is 2. The first-order valence-corrected chi connectivity index (χ1v) is 8.11. The lowest BCUT2D eigenvalue weighted by Gasteiger charge is -2.09. The predicted molar refractivity (Wildman–Crippen MR) is 97.6 cm³/mol. The summed E-state index contributed by atoms with van der Waals surface area (Å²) in [5, 5.41) is 5.58. The van der Waals surface area contributed by atoms with Gasteiger partial charge < -0.3 is 4.74 Å². The van der Waals surface area contributed by atoms with E-state index < -0.39 is 0 Å².